The van der Waals surface area contributed by atoms with Crippen molar-refractivity contribution in [1.82, 2.24) is 4.72 Å². The molecule has 8 heteroatoms. The zero-order valence-corrected chi connectivity index (χ0v) is 13.2. The van der Waals surface area contributed by atoms with Gasteiger partial charge in [-0.2, -0.15) is 13.2 Å². The molecule has 4 nitrogen and oxygen atoms in total. The third-order valence-electron chi connectivity index (χ3n) is 2.57. The van der Waals surface area contributed by atoms with E-state index in [1.54, 1.807) is 20.8 Å². The van der Waals surface area contributed by atoms with Crippen molar-refractivity contribution in [2.45, 2.75) is 58.0 Å². The number of halogens is 3. The smallest absolute Gasteiger partial charge is 0.405 e. The first-order valence-corrected chi connectivity index (χ1v) is 7.51. The minimum Gasteiger partial charge on any atom is -0.466 e. The molecule has 0 saturated carbocycles. The summed E-state index contributed by atoms with van der Waals surface area (Å²) in [6.07, 6.45) is -4.74. The lowest BCUT2D eigenvalue weighted by Gasteiger charge is -2.30. The highest BCUT2D eigenvalue weighted by Crippen LogP contribution is 2.29. The highest BCUT2D eigenvalue weighted by atomic mass is 32.2. The monoisotopic (exact) mass is 317 g/mol. The molecule has 3 atom stereocenters. The fraction of sp³-hybridized carbons (Fsp3) is 0.917. The Bertz CT molecular complexity index is 353. The van der Waals surface area contributed by atoms with Crippen LogP contribution in [0.3, 0.4) is 0 Å². The molecule has 0 radical (unpaired) electrons. The van der Waals surface area contributed by atoms with Crippen LogP contribution in [0.5, 0.6) is 0 Å². The molecule has 0 aromatic carbocycles. The summed E-state index contributed by atoms with van der Waals surface area (Å²) >= 11 is 0. The van der Waals surface area contributed by atoms with Crippen LogP contribution in [0.15, 0.2) is 0 Å². The van der Waals surface area contributed by atoms with Gasteiger partial charge in [-0.1, -0.05) is 6.92 Å². The Kier molecular flexibility index (Phi) is 7.17. The number of rotatable bonds is 6. The van der Waals surface area contributed by atoms with Crippen molar-refractivity contribution >= 4 is 17.0 Å². The molecule has 0 fully saturated rings. The van der Waals surface area contributed by atoms with Gasteiger partial charge in [0, 0.05) is 0 Å². The van der Waals surface area contributed by atoms with E-state index in [2.05, 4.69) is 4.74 Å². The van der Waals surface area contributed by atoms with E-state index in [4.69, 9.17) is 0 Å². The standard InChI is InChI=1S/C12H22F3NO3S/c1-6-8(10(17)19-7-2)9(12(13,14)15)16-20(18)11(3,4)5/h8-9,16H,6-7H2,1-5H3/t8-,9+,20?/m0/s1. The average Bonchev–Trinajstić information content (AvgIpc) is 2.26. The minimum absolute atomic E-state index is 0.00225. The van der Waals surface area contributed by atoms with Crippen LogP contribution < -0.4 is 4.72 Å². The summed E-state index contributed by atoms with van der Waals surface area (Å²) in [5, 5.41) is 0. The lowest BCUT2D eigenvalue weighted by atomic mass is 9.97. The van der Waals surface area contributed by atoms with Gasteiger partial charge in [0.05, 0.1) is 28.3 Å². The first-order chi connectivity index (χ1) is 8.95. The molecule has 0 aliphatic carbocycles. The van der Waals surface area contributed by atoms with Crippen LogP contribution in [0.2, 0.25) is 0 Å². The lowest BCUT2D eigenvalue weighted by molar-refractivity contribution is -0.178. The molecule has 120 valence electrons. The van der Waals surface area contributed by atoms with Gasteiger partial charge in [-0.15, -0.1) is 0 Å². The van der Waals surface area contributed by atoms with Crippen LogP contribution in [0.25, 0.3) is 0 Å². The van der Waals surface area contributed by atoms with Crippen molar-refractivity contribution in [2.24, 2.45) is 5.92 Å². The fourth-order valence-corrected chi connectivity index (χ4v) is 2.34. The van der Waals surface area contributed by atoms with Crippen LogP contribution in [-0.4, -0.2) is 33.8 Å². The predicted molar refractivity (Wildman–Crippen MR) is 71.3 cm³/mol. The minimum atomic E-state index is -4.69. The molecule has 0 amide bonds. The number of ether oxygens (including phenoxy) is 1. The van der Waals surface area contributed by atoms with Gasteiger partial charge >= 0.3 is 12.1 Å². The van der Waals surface area contributed by atoms with Gasteiger partial charge in [-0.05, 0) is 34.1 Å². The van der Waals surface area contributed by atoms with Crippen molar-refractivity contribution in [3.05, 3.63) is 0 Å². The number of hydrogen-bond donors (Lipinski definition) is 1. The van der Waals surface area contributed by atoms with Gasteiger partial charge < -0.3 is 4.74 Å². The molecule has 1 N–H and O–H groups in total. The molecule has 0 aromatic heterocycles. The third-order valence-corrected chi connectivity index (χ3v) is 4.15. The summed E-state index contributed by atoms with van der Waals surface area (Å²) in [5.41, 5.74) is 0. The highest BCUT2D eigenvalue weighted by Gasteiger charge is 2.49. The van der Waals surface area contributed by atoms with E-state index in [1.165, 1.54) is 13.8 Å². The zero-order valence-electron chi connectivity index (χ0n) is 12.3. The second-order valence-corrected chi connectivity index (χ2v) is 7.28. The van der Waals surface area contributed by atoms with Crippen LogP contribution in [0.4, 0.5) is 13.2 Å². The van der Waals surface area contributed by atoms with Gasteiger partial charge in [0.15, 0.2) is 0 Å². The summed E-state index contributed by atoms with van der Waals surface area (Å²) in [6, 6.07) is -2.19. The first kappa shape index (κ1) is 19.4. The lowest BCUT2D eigenvalue weighted by Crippen LogP contribution is -2.53. The van der Waals surface area contributed by atoms with E-state index in [9.17, 15) is 22.2 Å². The topological polar surface area (TPSA) is 55.4 Å². The molecule has 0 saturated heterocycles. The van der Waals surface area contributed by atoms with Crippen molar-refractivity contribution in [3.8, 4) is 0 Å². The second-order valence-electron chi connectivity index (χ2n) is 5.29. The fourth-order valence-electron chi connectivity index (χ4n) is 1.46. The largest absolute Gasteiger partial charge is 0.466 e. The van der Waals surface area contributed by atoms with Crippen molar-refractivity contribution < 1.29 is 26.9 Å². The van der Waals surface area contributed by atoms with E-state index < -0.39 is 39.8 Å². The number of hydrogen-bond acceptors (Lipinski definition) is 3. The van der Waals surface area contributed by atoms with E-state index in [1.807, 2.05) is 4.72 Å². The SMILES string of the molecule is CCOC(=O)[C@@H](CC)[C@@H](NS(=O)C(C)(C)C)C(F)(F)F. The van der Waals surface area contributed by atoms with Gasteiger partial charge in [0.1, 0.15) is 6.04 Å². The molecule has 0 spiro atoms. The van der Waals surface area contributed by atoms with Crippen LogP contribution in [0.1, 0.15) is 41.0 Å². The van der Waals surface area contributed by atoms with Crippen LogP contribution in [-0.2, 0) is 20.5 Å². The molecule has 0 rings (SSSR count). The molecule has 0 bridgehead atoms. The molecular formula is C12H22F3NO3S. The molecule has 1 unspecified atom stereocenters. The maximum atomic E-state index is 13.1. The summed E-state index contributed by atoms with van der Waals surface area (Å²) in [5.74, 6) is -2.35. The molecule has 20 heavy (non-hydrogen) atoms. The zero-order chi connectivity index (χ0) is 16.1. The van der Waals surface area contributed by atoms with Crippen LogP contribution in [0, 0.1) is 5.92 Å². The molecule has 0 aliphatic heterocycles. The van der Waals surface area contributed by atoms with Gasteiger partial charge in [-0.3, -0.25) is 4.79 Å². The Morgan fingerprint density at radius 2 is 1.75 bits per heavy atom. The second kappa shape index (κ2) is 7.40. The Morgan fingerprint density at radius 3 is 2.05 bits per heavy atom. The highest BCUT2D eigenvalue weighted by molar-refractivity contribution is 7.84. The van der Waals surface area contributed by atoms with Crippen molar-refractivity contribution in [1.29, 1.82) is 0 Å². The summed E-state index contributed by atoms with van der Waals surface area (Å²) in [4.78, 5) is 11.6. The maximum absolute atomic E-state index is 13.1. The number of alkyl halides is 3. The van der Waals surface area contributed by atoms with Crippen molar-refractivity contribution in [3.63, 3.8) is 0 Å². The quantitative estimate of drug-likeness (QED) is 0.766. The molecule has 0 aliphatic rings. The summed E-state index contributed by atoms with van der Waals surface area (Å²) in [6.45, 7) is 7.64. The van der Waals surface area contributed by atoms with E-state index in [0.29, 0.717) is 0 Å². The van der Waals surface area contributed by atoms with E-state index in [0.717, 1.165) is 0 Å². The normalized spacial score (nSPS) is 17.4. The van der Waals surface area contributed by atoms with E-state index in [-0.39, 0.29) is 13.0 Å². The maximum Gasteiger partial charge on any atom is 0.405 e. The number of carbonyl (C=O) groups is 1. The third kappa shape index (κ3) is 5.78. The number of esters is 1. The van der Waals surface area contributed by atoms with Gasteiger partial charge in [0.2, 0.25) is 0 Å². The van der Waals surface area contributed by atoms with Crippen LogP contribution >= 0.6 is 0 Å². The Labute approximate surface area is 120 Å². The molecule has 0 heterocycles. The van der Waals surface area contributed by atoms with Crippen molar-refractivity contribution in [2.75, 3.05) is 6.61 Å². The average molecular weight is 317 g/mol. The Hall–Kier alpha value is -0.630. The van der Waals surface area contributed by atoms with E-state index >= 15 is 0 Å². The molecular weight excluding hydrogens is 295 g/mol. The molecule has 0 aromatic rings. The summed E-state index contributed by atoms with van der Waals surface area (Å²) < 4.78 is 57.0. The summed E-state index contributed by atoms with van der Waals surface area (Å²) in [7, 11) is -1.93. The number of carbonyl (C=O) groups excluding carboxylic acids is 1. The number of nitrogens with one attached hydrogen (secondary N) is 1. The first-order valence-electron chi connectivity index (χ1n) is 6.36. The van der Waals surface area contributed by atoms with Gasteiger partial charge in [0.25, 0.3) is 0 Å². The van der Waals surface area contributed by atoms with Gasteiger partial charge in [-0.25, -0.2) is 8.93 Å². The predicted octanol–water partition coefficient (Wildman–Crippen LogP) is 2.56. The Morgan fingerprint density at radius 1 is 1.25 bits per heavy atom. The Balaban J connectivity index is 5.25.